The van der Waals surface area contributed by atoms with E-state index in [2.05, 4.69) is 45.0 Å². The molecule has 0 aliphatic rings. The van der Waals surface area contributed by atoms with Crippen LogP contribution >= 0.6 is 45.4 Å². The molecule has 0 aromatic rings. The highest BCUT2D eigenvalue weighted by molar-refractivity contribution is 9.09. The Labute approximate surface area is 81.1 Å². The molecule has 9 heavy (non-hydrogen) atoms. The van der Waals surface area contributed by atoms with Crippen molar-refractivity contribution < 1.29 is 0 Å². The van der Waals surface area contributed by atoms with Gasteiger partial charge in [0.1, 0.15) is 0 Å². The Morgan fingerprint density at radius 2 is 1.11 bits per heavy atom. The van der Waals surface area contributed by atoms with E-state index in [-0.39, 0.29) is 13.5 Å². The molecule has 0 amide bonds. The van der Waals surface area contributed by atoms with Crippen LogP contribution in [0.1, 0.15) is 0 Å². The first kappa shape index (κ1) is 16.4. The predicted molar refractivity (Wildman–Crippen MR) is 58.4 cm³/mol. The van der Waals surface area contributed by atoms with Crippen LogP contribution in [0.2, 0.25) is 0 Å². The minimum Gasteiger partial charge on any atom is -0.197 e. The van der Waals surface area contributed by atoms with Crippen molar-refractivity contribution in [2.45, 2.75) is 0 Å². The molecule has 0 aromatic carbocycles. The van der Waals surface area contributed by atoms with Crippen LogP contribution in [0, 0.1) is 0 Å². The van der Waals surface area contributed by atoms with E-state index in [4.69, 9.17) is 0 Å². The van der Waals surface area contributed by atoms with E-state index < -0.39 is 0 Å². The third-order valence-electron chi connectivity index (χ3n) is 0.218. The van der Waals surface area contributed by atoms with Crippen LogP contribution in [0.4, 0.5) is 0 Å². The van der Waals surface area contributed by atoms with Crippen LogP contribution < -0.4 is 0 Å². The summed E-state index contributed by atoms with van der Waals surface area (Å²) in [6.45, 7) is 6.86. The van der Waals surface area contributed by atoms with Gasteiger partial charge < -0.3 is 0 Å². The van der Waals surface area contributed by atoms with Gasteiger partial charge >= 0.3 is 0 Å². The maximum Gasteiger partial charge on any atom is 0.0209 e. The molecule has 0 aliphatic carbocycles. The Hall–Kier alpha value is 0.790. The Balaban J connectivity index is -0.0000000720. The minimum atomic E-state index is 0. The molecule has 0 aromatic heterocycles. The summed E-state index contributed by atoms with van der Waals surface area (Å²) in [4.78, 5) is 0. The fourth-order valence-electron chi connectivity index (χ4n) is 0. The quantitative estimate of drug-likeness (QED) is 0.536. The molecule has 0 unspecified atom stereocenters. The monoisotopic (exact) mass is 274 g/mol. The van der Waals surface area contributed by atoms with Gasteiger partial charge in [0.2, 0.25) is 0 Å². The maximum atomic E-state index is 3.43. The molecule has 0 saturated carbocycles. The Morgan fingerprint density at radius 3 is 1.11 bits per heavy atom. The second-order valence-electron chi connectivity index (χ2n) is 0.886. The molecule has 0 atom stereocenters. The molecule has 0 saturated heterocycles. The van der Waals surface area contributed by atoms with Crippen LogP contribution in [0.25, 0.3) is 0 Å². The molecule has 0 radical (unpaired) electrons. The number of rotatable bonds is 2. The molecule has 0 fully saturated rings. The first-order valence-electron chi connectivity index (χ1n) is 2.17. The SMILES string of the molecule is C=CCBr.C=CCBr.S. The molecule has 0 bridgehead atoms. The van der Waals surface area contributed by atoms with E-state index in [9.17, 15) is 0 Å². The van der Waals surface area contributed by atoms with Gasteiger partial charge in [0.05, 0.1) is 0 Å². The van der Waals surface area contributed by atoms with Crippen LogP contribution in [0.3, 0.4) is 0 Å². The van der Waals surface area contributed by atoms with E-state index in [1.54, 1.807) is 12.2 Å². The summed E-state index contributed by atoms with van der Waals surface area (Å²) in [5.41, 5.74) is 0. The van der Waals surface area contributed by atoms with E-state index in [0.717, 1.165) is 10.7 Å². The summed E-state index contributed by atoms with van der Waals surface area (Å²) < 4.78 is 0. The Kier molecular flexibility index (Phi) is 42.4. The van der Waals surface area contributed by atoms with Crippen molar-refractivity contribution in [2.24, 2.45) is 0 Å². The van der Waals surface area contributed by atoms with Crippen molar-refractivity contribution in [1.29, 1.82) is 0 Å². The normalized spacial score (nSPS) is 5.56. The predicted octanol–water partition coefficient (Wildman–Crippen LogP) is 3.25. The van der Waals surface area contributed by atoms with Crippen LogP contribution in [0.15, 0.2) is 25.3 Å². The van der Waals surface area contributed by atoms with Gasteiger partial charge in [-0.05, 0) is 0 Å². The van der Waals surface area contributed by atoms with Gasteiger partial charge in [-0.25, -0.2) is 0 Å². The first-order chi connectivity index (χ1) is 3.83. The summed E-state index contributed by atoms with van der Waals surface area (Å²) in [6.07, 6.45) is 3.58. The van der Waals surface area contributed by atoms with Crippen molar-refractivity contribution in [3.05, 3.63) is 25.3 Å². The lowest BCUT2D eigenvalue weighted by atomic mass is 10.8. The summed E-state index contributed by atoms with van der Waals surface area (Å²) >= 11 is 6.26. The van der Waals surface area contributed by atoms with Crippen molar-refractivity contribution in [3.63, 3.8) is 0 Å². The lowest BCUT2D eigenvalue weighted by Gasteiger charge is -1.55. The summed E-state index contributed by atoms with van der Waals surface area (Å²) in [7, 11) is 0. The van der Waals surface area contributed by atoms with Crippen molar-refractivity contribution in [1.82, 2.24) is 0 Å². The lowest BCUT2D eigenvalue weighted by molar-refractivity contribution is 1.87. The molecular weight excluding hydrogens is 264 g/mol. The van der Waals surface area contributed by atoms with Gasteiger partial charge in [0.15, 0.2) is 0 Å². The number of halogens is 2. The summed E-state index contributed by atoms with van der Waals surface area (Å²) in [5.74, 6) is 0. The van der Waals surface area contributed by atoms with E-state index in [0.29, 0.717) is 0 Å². The van der Waals surface area contributed by atoms with Gasteiger partial charge in [-0.3, -0.25) is 0 Å². The molecule has 56 valence electrons. The lowest BCUT2D eigenvalue weighted by Crippen LogP contribution is -1.43. The zero-order chi connectivity index (χ0) is 6.83. The van der Waals surface area contributed by atoms with Crippen LogP contribution in [-0.4, -0.2) is 10.7 Å². The van der Waals surface area contributed by atoms with Gasteiger partial charge in [-0.1, -0.05) is 44.0 Å². The zero-order valence-electron chi connectivity index (χ0n) is 5.24. The molecule has 0 heterocycles. The number of hydrogen-bond donors (Lipinski definition) is 0. The smallest absolute Gasteiger partial charge is 0.0209 e. The van der Waals surface area contributed by atoms with Crippen LogP contribution in [0.5, 0.6) is 0 Å². The standard InChI is InChI=1S/2C3H5Br.H2S/c2*1-2-3-4;/h2*2H,1,3H2;1H2. The fourth-order valence-corrected chi connectivity index (χ4v) is 0. The molecule has 3 heteroatoms. The van der Waals surface area contributed by atoms with E-state index in [1.807, 2.05) is 0 Å². The number of allylic oxidation sites excluding steroid dienone is 2. The highest BCUT2D eigenvalue weighted by Crippen LogP contribution is 1.73. The zero-order valence-corrected chi connectivity index (χ0v) is 9.41. The molecule has 0 spiro atoms. The summed E-state index contributed by atoms with van der Waals surface area (Å²) in [6, 6.07) is 0. The second-order valence-corrected chi connectivity index (χ2v) is 2.18. The molecule has 0 aliphatic heterocycles. The largest absolute Gasteiger partial charge is 0.197 e. The van der Waals surface area contributed by atoms with Crippen molar-refractivity contribution >= 4 is 45.4 Å². The average molecular weight is 276 g/mol. The Morgan fingerprint density at radius 1 is 1.00 bits per heavy atom. The number of hydrogen-bond acceptors (Lipinski definition) is 0. The minimum absolute atomic E-state index is 0. The van der Waals surface area contributed by atoms with Crippen LogP contribution in [-0.2, 0) is 0 Å². The number of alkyl halides is 2. The molecule has 0 rings (SSSR count). The molecular formula is C6H12Br2S. The van der Waals surface area contributed by atoms with Gasteiger partial charge in [-0.2, -0.15) is 13.5 Å². The first-order valence-corrected chi connectivity index (χ1v) is 4.41. The average Bonchev–Trinajstić information content (AvgIpc) is 1.88. The maximum absolute atomic E-state index is 3.43. The third kappa shape index (κ3) is 52.1. The van der Waals surface area contributed by atoms with E-state index in [1.165, 1.54) is 0 Å². The van der Waals surface area contributed by atoms with E-state index >= 15 is 0 Å². The van der Waals surface area contributed by atoms with Crippen molar-refractivity contribution in [2.75, 3.05) is 10.7 Å². The highest BCUT2D eigenvalue weighted by atomic mass is 79.9. The molecule has 0 N–H and O–H groups in total. The second kappa shape index (κ2) is 23.2. The van der Waals surface area contributed by atoms with Gasteiger partial charge in [0, 0.05) is 10.7 Å². The van der Waals surface area contributed by atoms with Gasteiger partial charge in [0.25, 0.3) is 0 Å². The highest BCUT2D eigenvalue weighted by Gasteiger charge is 1.48. The summed E-state index contributed by atoms with van der Waals surface area (Å²) in [5, 5.41) is 1.79. The Bertz CT molecular complexity index is 47.0. The fraction of sp³-hybridized carbons (Fsp3) is 0.333. The molecule has 0 nitrogen and oxygen atoms in total. The van der Waals surface area contributed by atoms with Gasteiger partial charge in [-0.15, -0.1) is 13.2 Å². The van der Waals surface area contributed by atoms with Crippen molar-refractivity contribution in [3.8, 4) is 0 Å². The topological polar surface area (TPSA) is 0 Å². The third-order valence-corrected chi connectivity index (χ3v) is 1.13.